The van der Waals surface area contributed by atoms with E-state index < -0.39 is 12.1 Å². The molecule has 6 heteroatoms. The van der Waals surface area contributed by atoms with Crippen molar-refractivity contribution in [3.05, 3.63) is 66.1 Å². The predicted molar refractivity (Wildman–Crippen MR) is 109 cm³/mol. The molecule has 1 atom stereocenters. The number of rotatable bonds is 9. The van der Waals surface area contributed by atoms with Crippen LogP contribution in [0.2, 0.25) is 0 Å². The Morgan fingerprint density at radius 3 is 2.34 bits per heavy atom. The lowest BCUT2D eigenvalue weighted by molar-refractivity contribution is -0.147. The molecule has 0 spiro atoms. The first-order valence-electron chi connectivity index (χ1n) is 9.58. The molecule has 0 amide bonds. The molecule has 0 radical (unpaired) electrons. The minimum absolute atomic E-state index is 0.130. The van der Waals surface area contributed by atoms with Gasteiger partial charge in [-0.2, -0.15) is 0 Å². The summed E-state index contributed by atoms with van der Waals surface area (Å²) in [6.45, 7) is 5.97. The van der Waals surface area contributed by atoms with Crippen LogP contribution in [0.3, 0.4) is 0 Å². The molecule has 0 aliphatic carbocycles. The molecule has 6 nitrogen and oxygen atoms in total. The van der Waals surface area contributed by atoms with Crippen molar-refractivity contribution in [3.8, 4) is 23.0 Å². The quantitative estimate of drug-likeness (QED) is 0.563. The molecule has 1 aromatic heterocycles. The Labute approximate surface area is 170 Å². The van der Waals surface area contributed by atoms with E-state index >= 15 is 0 Å². The van der Waals surface area contributed by atoms with Crippen LogP contribution in [0.5, 0.6) is 11.5 Å². The largest absolute Gasteiger partial charge is 0.493 e. The van der Waals surface area contributed by atoms with Gasteiger partial charge in [0.25, 0.3) is 0 Å². The number of carbonyl (C=O) groups is 1. The Morgan fingerprint density at radius 2 is 1.72 bits per heavy atom. The summed E-state index contributed by atoms with van der Waals surface area (Å²) in [5.41, 5.74) is 1.81. The Bertz CT molecular complexity index is 932. The van der Waals surface area contributed by atoms with E-state index in [-0.39, 0.29) is 5.92 Å². The van der Waals surface area contributed by atoms with Crippen LogP contribution >= 0.6 is 0 Å². The third-order valence-electron chi connectivity index (χ3n) is 4.46. The van der Waals surface area contributed by atoms with Crippen molar-refractivity contribution in [1.82, 2.24) is 4.98 Å². The van der Waals surface area contributed by atoms with Gasteiger partial charge in [0.2, 0.25) is 5.89 Å². The maximum atomic E-state index is 11.2. The number of carboxylic acids is 1. The third-order valence-corrected chi connectivity index (χ3v) is 4.46. The lowest BCUT2D eigenvalue weighted by Crippen LogP contribution is -2.32. The summed E-state index contributed by atoms with van der Waals surface area (Å²) in [4.78, 5) is 15.8. The van der Waals surface area contributed by atoms with E-state index in [9.17, 15) is 9.90 Å². The van der Waals surface area contributed by atoms with E-state index in [4.69, 9.17) is 13.9 Å². The maximum Gasteiger partial charge on any atom is 0.345 e. The lowest BCUT2D eigenvalue weighted by Gasteiger charge is -2.18. The van der Waals surface area contributed by atoms with E-state index in [1.165, 1.54) is 0 Å². The Hall–Kier alpha value is -3.28. The molecule has 0 saturated heterocycles. The second-order valence-corrected chi connectivity index (χ2v) is 7.08. The third kappa shape index (κ3) is 5.38. The fourth-order valence-corrected chi connectivity index (χ4v) is 2.86. The normalized spacial score (nSPS) is 12.0. The van der Waals surface area contributed by atoms with Gasteiger partial charge >= 0.3 is 5.97 Å². The first kappa shape index (κ1) is 20.5. The van der Waals surface area contributed by atoms with Gasteiger partial charge in [-0.15, -0.1) is 0 Å². The van der Waals surface area contributed by atoms with Crippen molar-refractivity contribution < 1.29 is 23.8 Å². The lowest BCUT2D eigenvalue weighted by atomic mass is 10.1. The Kier molecular flexibility index (Phi) is 6.54. The van der Waals surface area contributed by atoms with Gasteiger partial charge in [-0.05, 0) is 43.3 Å². The van der Waals surface area contributed by atoms with Crippen molar-refractivity contribution in [3.63, 3.8) is 0 Å². The number of ether oxygens (including phenoxy) is 2. The second-order valence-electron chi connectivity index (χ2n) is 7.08. The molecule has 1 unspecified atom stereocenters. The van der Waals surface area contributed by atoms with Gasteiger partial charge < -0.3 is 19.0 Å². The summed E-state index contributed by atoms with van der Waals surface area (Å²) < 4.78 is 17.1. The standard InChI is InChI=1S/C23H25NO5/c1-15(2)21(23(25)26)29-19-11-9-18(10-12-19)27-14-13-20-16(3)28-22(24-20)17-7-5-4-6-8-17/h4-12,15,21H,13-14H2,1-3H3,(H,25,26). The van der Waals surface area contributed by atoms with Crippen molar-refractivity contribution >= 4 is 5.97 Å². The van der Waals surface area contributed by atoms with Crippen LogP contribution in [0, 0.1) is 12.8 Å². The number of nitrogens with zero attached hydrogens (tertiary/aromatic N) is 1. The molecule has 29 heavy (non-hydrogen) atoms. The van der Waals surface area contributed by atoms with E-state index in [1.54, 1.807) is 24.3 Å². The average Bonchev–Trinajstić information content (AvgIpc) is 3.08. The molecule has 152 valence electrons. The molecular formula is C23H25NO5. The highest BCUT2D eigenvalue weighted by Gasteiger charge is 2.23. The van der Waals surface area contributed by atoms with E-state index in [0.717, 1.165) is 17.0 Å². The number of aromatic nitrogens is 1. The van der Waals surface area contributed by atoms with Crippen LogP contribution in [-0.4, -0.2) is 28.8 Å². The van der Waals surface area contributed by atoms with Crippen molar-refractivity contribution in [1.29, 1.82) is 0 Å². The van der Waals surface area contributed by atoms with Crippen LogP contribution in [0.15, 0.2) is 59.0 Å². The number of aryl methyl sites for hydroxylation is 1. The predicted octanol–water partition coefficient (Wildman–Crippen LogP) is 4.76. The molecule has 3 rings (SSSR count). The highest BCUT2D eigenvalue weighted by Crippen LogP contribution is 2.23. The molecule has 0 saturated carbocycles. The smallest absolute Gasteiger partial charge is 0.345 e. The number of hydrogen-bond acceptors (Lipinski definition) is 5. The molecule has 0 aliphatic heterocycles. The summed E-state index contributed by atoms with van der Waals surface area (Å²) in [5.74, 6) is 1.46. The summed E-state index contributed by atoms with van der Waals surface area (Å²) in [6.07, 6.45) is -0.259. The first-order valence-corrected chi connectivity index (χ1v) is 9.58. The minimum atomic E-state index is -0.974. The molecule has 0 aliphatic rings. The van der Waals surface area contributed by atoms with Crippen LogP contribution < -0.4 is 9.47 Å². The summed E-state index contributed by atoms with van der Waals surface area (Å²) >= 11 is 0. The van der Waals surface area contributed by atoms with Crippen LogP contribution in [-0.2, 0) is 11.2 Å². The monoisotopic (exact) mass is 395 g/mol. The number of hydrogen-bond donors (Lipinski definition) is 1. The van der Waals surface area contributed by atoms with Crippen LogP contribution in [0.1, 0.15) is 25.3 Å². The van der Waals surface area contributed by atoms with Crippen molar-refractivity contribution in [2.24, 2.45) is 5.92 Å². The molecule has 3 aromatic rings. The van der Waals surface area contributed by atoms with Gasteiger partial charge in [0.15, 0.2) is 6.10 Å². The van der Waals surface area contributed by atoms with Gasteiger partial charge in [-0.25, -0.2) is 9.78 Å². The molecule has 0 fully saturated rings. The van der Waals surface area contributed by atoms with E-state index in [2.05, 4.69) is 4.98 Å². The minimum Gasteiger partial charge on any atom is -0.493 e. The zero-order valence-corrected chi connectivity index (χ0v) is 16.8. The number of oxazole rings is 1. The zero-order valence-electron chi connectivity index (χ0n) is 16.8. The summed E-state index contributed by atoms with van der Waals surface area (Å²) in [5, 5.41) is 9.22. The maximum absolute atomic E-state index is 11.2. The van der Waals surface area contributed by atoms with Crippen molar-refractivity contribution in [2.75, 3.05) is 6.61 Å². The molecule has 0 bridgehead atoms. The Balaban J connectivity index is 1.55. The van der Waals surface area contributed by atoms with Crippen LogP contribution in [0.25, 0.3) is 11.5 Å². The molecule has 1 N–H and O–H groups in total. The molecule has 2 aromatic carbocycles. The van der Waals surface area contributed by atoms with E-state index in [1.807, 2.05) is 51.1 Å². The summed E-state index contributed by atoms with van der Waals surface area (Å²) in [6, 6.07) is 16.7. The van der Waals surface area contributed by atoms with Gasteiger partial charge in [-0.1, -0.05) is 32.0 Å². The first-order chi connectivity index (χ1) is 13.9. The Morgan fingerprint density at radius 1 is 1.07 bits per heavy atom. The fourth-order valence-electron chi connectivity index (χ4n) is 2.86. The van der Waals surface area contributed by atoms with Crippen molar-refractivity contribution in [2.45, 2.75) is 33.3 Å². The number of carboxylic acid groups (broad SMARTS) is 1. The SMILES string of the molecule is Cc1oc(-c2ccccc2)nc1CCOc1ccc(OC(C(=O)O)C(C)C)cc1. The topological polar surface area (TPSA) is 81.8 Å². The zero-order chi connectivity index (χ0) is 20.8. The average molecular weight is 395 g/mol. The van der Waals surface area contributed by atoms with Gasteiger partial charge in [0, 0.05) is 17.9 Å². The van der Waals surface area contributed by atoms with Crippen LogP contribution in [0.4, 0.5) is 0 Å². The highest BCUT2D eigenvalue weighted by atomic mass is 16.5. The van der Waals surface area contributed by atoms with E-state index in [0.29, 0.717) is 30.4 Å². The molecule has 1 heterocycles. The summed E-state index contributed by atoms with van der Waals surface area (Å²) in [7, 11) is 0. The number of aliphatic carboxylic acids is 1. The fraction of sp³-hybridized carbons (Fsp3) is 0.304. The van der Waals surface area contributed by atoms with Gasteiger partial charge in [0.05, 0.1) is 12.3 Å². The molecular weight excluding hydrogens is 370 g/mol. The van der Waals surface area contributed by atoms with Gasteiger partial charge in [-0.3, -0.25) is 0 Å². The number of benzene rings is 2. The second kappa shape index (κ2) is 9.28. The highest BCUT2D eigenvalue weighted by molar-refractivity contribution is 5.73. The van der Waals surface area contributed by atoms with Gasteiger partial charge in [0.1, 0.15) is 17.3 Å².